The summed E-state index contributed by atoms with van der Waals surface area (Å²) in [7, 11) is 3.87. The number of rotatable bonds is 2. The molecule has 1 saturated carbocycles. The summed E-state index contributed by atoms with van der Waals surface area (Å²) in [5.74, 6) is 0.926. The molecular weight excluding hydrogens is 266 g/mol. The topological polar surface area (TPSA) is 45.7 Å². The molecule has 3 rings (SSSR count). The molecule has 114 valence electrons. The monoisotopic (exact) mass is 289 g/mol. The summed E-state index contributed by atoms with van der Waals surface area (Å²) < 4.78 is 5.85. The lowest BCUT2D eigenvalue weighted by Crippen LogP contribution is -2.54. The van der Waals surface area contributed by atoms with Crippen LogP contribution in [0.4, 0.5) is 5.82 Å². The second-order valence-corrected chi connectivity index (χ2v) is 6.06. The van der Waals surface area contributed by atoms with Crippen molar-refractivity contribution in [3.05, 3.63) is 23.9 Å². The van der Waals surface area contributed by atoms with Crippen LogP contribution in [0.3, 0.4) is 0 Å². The summed E-state index contributed by atoms with van der Waals surface area (Å²) in [4.78, 5) is 21.1. The van der Waals surface area contributed by atoms with Gasteiger partial charge in [0, 0.05) is 32.4 Å². The second-order valence-electron chi connectivity index (χ2n) is 6.06. The summed E-state index contributed by atoms with van der Waals surface area (Å²) >= 11 is 0. The van der Waals surface area contributed by atoms with E-state index in [2.05, 4.69) is 4.98 Å². The number of nitrogens with zero attached hydrogens (tertiary/aromatic N) is 3. The maximum atomic E-state index is 12.9. The molecule has 1 amide bonds. The number of morpholine rings is 1. The maximum absolute atomic E-state index is 12.9. The van der Waals surface area contributed by atoms with Gasteiger partial charge in [0.25, 0.3) is 5.91 Å². The van der Waals surface area contributed by atoms with Gasteiger partial charge in [-0.25, -0.2) is 4.98 Å². The Balaban J connectivity index is 1.81. The molecule has 0 bridgehead atoms. The molecule has 2 atom stereocenters. The molecule has 2 heterocycles. The number of hydrogen-bond acceptors (Lipinski definition) is 4. The first-order valence-corrected chi connectivity index (χ1v) is 7.73. The third-order valence-electron chi connectivity index (χ3n) is 4.44. The number of anilines is 1. The van der Waals surface area contributed by atoms with Gasteiger partial charge in [0.05, 0.1) is 18.8 Å². The standard InChI is InChI=1S/C16H23N3O2/c1-18(2)15-11-12(7-8-17-15)16(20)19-9-10-21-14-6-4-3-5-13(14)19/h7-8,11,13-14H,3-6,9-10H2,1-2H3. The van der Waals surface area contributed by atoms with Crippen molar-refractivity contribution in [3.63, 3.8) is 0 Å². The lowest BCUT2D eigenvalue weighted by atomic mass is 9.90. The molecule has 2 unspecified atom stereocenters. The molecule has 2 fully saturated rings. The van der Waals surface area contributed by atoms with E-state index in [1.165, 1.54) is 12.8 Å². The molecule has 0 radical (unpaired) electrons. The summed E-state index contributed by atoms with van der Waals surface area (Å²) in [6.07, 6.45) is 6.47. The van der Waals surface area contributed by atoms with Gasteiger partial charge in [0.1, 0.15) is 5.82 Å². The fraction of sp³-hybridized carbons (Fsp3) is 0.625. The van der Waals surface area contributed by atoms with E-state index in [0.717, 1.165) is 24.2 Å². The van der Waals surface area contributed by atoms with Crippen molar-refractivity contribution in [3.8, 4) is 0 Å². The Morgan fingerprint density at radius 1 is 1.38 bits per heavy atom. The summed E-state index contributed by atoms with van der Waals surface area (Å²) in [5.41, 5.74) is 0.722. The molecule has 1 aliphatic carbocycles. The number of carbonyl (C=O) groups is 1. The third kappa shape index (κ3) is 2.88. The van der Waals surface area contributed by atoms with E-state index in [1.807, 2.05) is 36.0 Å². The largest absolute Gasteiger partial charge is 0.374 e. The van der Waals surface area contributed by atoms with Gasteiger partial charge in [-0.15, -0.1) is 0 Å². The first-order chi connectivity index (χ1) is 10.2. The van der Waals surface area contributed by atoms with E-state index in [9.17, 15) is 4.79 Å². The van der Waals surface area contributed by atoms with Crippen LogP contribution in [0.2, 0.25) is 0 Å². The van der Waals surface area contributed by atoms with Crippen LogP contribution in [0.25, 0.3) is 0 Å². The van der Waals surface area contributed by atoms with Crippen molar-refractivity contribution in [1.82, 2.24) is 9.88 Å². The van der Waals surface area contributed by atoms with Crippen molar-refractivity contribution < 1.29 is 9.53 Å². The Morgan fingerprint density at radius 3 is 3.00 bits per heavy atom. The van der Waals surface area contributed by atoms with Gasteiger partial charge in [-0.3, -0.25) is 4.79 Å². The van der Waals surface area contributed by atoms with Crippen molar-refractivity contribution in [2.24, 2.45) is 0 Å². The van der Waals surface area contributed by atoms with Gasteiger partial charge < -0.3 is 14.5 Å². The molecule has 1 aliphatic heterocycles. The average Bonchev–Trinajstić information content (AvgIpc) is 2.53. The fourth-order valence-corrected chi connectivity index (χ4v) is 3.31. The SMILES string of the molecule is CN(C)c1cc(C(=O)N2CCOC3CCCCC32)ccn1. The maximum Gasteiger partial charge on any atom is 0.254 e. The molecule has 0 aromatic carbocycles. The molecule has 1 aromatic heterocycles. The van der Waals surface area contributed by atoms with E-state index < -0.39 is 0 Å². The van der Waals surface area contributed by atoms with Crippen LogP contribution in [-0.4, -0.2) is 55.2 Å². The van der Waals surface area contributed by atoms with E-state index >= 15 is 0 Å². The Labute approximate surface area is 125 Å². The van der Waals surface area contributed by atoms with Gasteiger partial charge in [0.15, 0.2) is 0 Å². The number of hydrogen-bond donors (Lipinski definition) is 0. The second kappa shape index (κ2) is 6.02. The van der Waals surface area contributed by atoms with Gasteiger partial charge in [-0.05, 0) is 25.0 Å². The minimum absolute atomic E-state index is 0.112. The Bertz CT molecular complexity index is 516. The highest BCUT2D eigenvalue weighted by Gasteiger charge is 2.36. The van der Waals surface area contributed by atoms with Gasteiger partial charge >= 0.3 is 0 Å². The predicted octanol–water partition coefficient (Wildman–Crippen LogP) is 1.93. The fourth-order valence-electron chi connectivity index (χ4n) is 3.31. The zero-order chi connectivity index (χ0) is 14.8. The van der Waals surface area contributed by atoms with Gasteiger partial charge in [0.2, 0.25) is 0 Å². The Morgan fingerprint density at radius 2 is 2.19 bits per heavy atom. The molecule has 2 aliphatic rings. The number of ether oxygens (including phenoxy) is 1. The molecule has 1 aromatic rings. The smallest absolute Gasteiger partial charge is 0.254 e. The molecule has 5 heteroatoms. The number of carbonyl (C=O) groups excluding carboxylic acids is 1. The first-order valence-electron chi connectivity index (χ1n) is 7.73. The molecule has 5 nitrogen and oxygen atoms in total. The summed E-state index contributed by atoms with van der Waals surface area (Å²) in [6.45, 7) is 1.35. The van der Waals surface area contributed by atoms with Crippen LogP contribution in [0, 0.1) is 0 Å². The Hall–Kier alpha value is -1.62. The quantitative estimate of drug-likeness (QED) is 0.834. The van der Waals surface area contributed by atoms with E-state index in [4.69, 9.17) is 4.74 Å². The lowest BCUT2D eigenvalue weighted by Gasteiger charge is -2.43. The number of amides is 1. The normalized spacial score (nSPS) is 25.3. The van der Waals surface area contributed by atoms with E-state index in [1.54, 1.807) is 6.20 Å². The highest BCUT2D eigenvalue weighted by Crippen LogP contribution is 2.29. The van der Waals surface area contributed by atoms with Crippen LogP contribution in [0.5, 0.6) is 0 Å². The van der Waals surface area contributed by atoms with Crippen molar-refractivity contribution in [1.29, 1.82) is 0 Å². The summed E-state index contributed by atoms with van der Waals surface area (Å²) in [5, 5.41) is 0. The molecule has 0 spiro atoms. The molecular formula is C16H23N3O2. The predicted molar refractivity (Wildman–Crippen MR) is 81.6 cm³/mol. The van der Waals surface area contributed by atoms with Crippen LogP contribution in [0.1, 0.15) is 36.0 Å². The zero-order valence-corrected chi connectivity index (χ0v) is 12.8. The van der Waals surface area contributed by atoms with E-state index in [0.29, 0.717) is 13.2 Å². The van der Waals surface area contributed by atoms with Crippen molar-refractivity contribution >= 4 is 11.7 Å². The minimum Gasteiger partial charge on any atom is -0.374 e. The zero-order valence-electron chi connectivity index (χ0n) is 12.8. The Kier molecular flexibility index (Phi) is 4.10. The number of aromatic nitrogens is 1. The lowest BCUT2D eigenvalue weighted by molar-refractivity contribution is -0.0752. The first kappa shape index (κ1) is 14.3. The highest BCUT2D eigenvalue weighted by atomic mass is 16.5. The third-order valence-corrected chi connectivity index (χ3v) is 4.44. The highest BCUT2D eigenvalue weighted by molar-refractivity contribution is 5.95. The molecule has 1 saturated heterocycles. The van der Waals surface area contributed by atoms with Crippen LogP contribution < -0.4 is 4.90 Å². The number of fused-ring (bicyclic) bond motifs is 1. The van der Waals surface area contributed by atoms with Crippen molar-refractivity contribution in [2.75, 3.05) is 32.1 Å². The van der Waals surface area contributed by atoms with Crippen LogP contribution in [-0.2, 0) is 4.74 Å². The van der Waals surface area contributed by atoms with Crippen LogP contribution >= 0.6 is 0 Å². The number of pyridine rings is 1. The van der Waals surface area contributed by atoms with Crippen LogP contribution in [0.15, 0.2) is 18.3 Å². The van der Waals surface area contributed by atoms with Crippen molar-refractivity contribution in [2.45, 2.75) is 37.8 Å². The molecule has 21 heavy (non-hydrogen) atoms. The average molecular weight is 289 g/mol. The van der Waals surface area contributed by atoms with Gasteiger partial charge in [-0.2, -0.15) is 0 Å². The van der Waals surface area contributed by atoms with Gasteiger partial charge in [-0.1, -0.05) is 12.8 Å². The minimum atomic E-state index is 0.112. The molecule has 0 N–H and O–H groups in total. The van der Waals surface area contributed by atoms with E-state index in [-0.39, 0.29) is 18.1 Å². The summed E-state index contributed by atoms with van der Waals surface area (Å²) in [6, 6.07) is 3.93.